The highest BCUT2D eigenvalue weighted by Gasteiger charge is 2.10. The molecule has 0 aromatic carbocycles. The first kappa shape index (κ1) is 15.3. The van der Waals surface area contributed by atoms with Gasteiger partial charge < -0.3 is 15.5 Å². The summed E-state index contributed by atoms with van der Waals surface area (Å²) in [5.74, 6) is 1.13. The molecule has 5 N–H and O–H groups in total. The van der Waals surface area contributed by atoms with E-state index in [1.165, 1.54) is 18.7 Å². The minimum Gasteiger partial charge on any atom is -0.467 e. The summed E-state index contributed by atoms with van der Waals surface area (Å²) in [7, 11) is 0. The molecule has 0 radical (unpaired) electrons. The van der Waals surface area contributed by atoms with Gasteiger partial charge in [0, 0.05) is 18.0 Å². The molecule has 0 saturated carbocycles. The second-order valence-corrected chi connectivity index (χ2v) is 4.73. The maximum absolute atomic E-state index is 12.0. The lowest BCUT2D eigenvalue weighted by Crippen LogP contribution is -2.30. The number of carbonyl (C=O) groups excluding carboxylic acids is 1. The van der Waals surface area contributed by atoms with Gasteiger partial charge in [0.15, 0.2) is 11.6 Å². The van der Waals surface area contributed by atoms with Crippen LogP contribution in [-0.2, 0) is 6.54 Å². The molecule has 0 aliphatic carbocycles. The molecule has 0 spiro atoms. The average Bonchev–Trinajstić information content (AvgIpc) is 3.14. The third-order valence-corrected chi connectivity index (χ3v) is 3.13. The van der Waals surface area contributed by atoms with Crippen LogP contribution < -0.4 is 21.9 Å². The van der Waals surface area contributed by atoms with Crippen LogP contribution in [0.15, 0.2) is 53.7 Å². The van der Waals surface area contributed by atoms with E-state index >= 15 is 0 Å². The summed E-state index contributed by atoms with van der Waals surface area (Å²) in [6, 6.07) is 6.81. The van der Waals surface area contributed by atoms with E-state index in [-0.39, 0.29) is 17.4 Å². The largest absolute Gasteiger partial charge is 0.467 e. The molecule has 0 aliphatic heterocycles. The second-order valence-electron chi connectivity index (χ2n) is 4.73. The van der Waals surface area contributed by atoms with Crippen LogP contribution in [0, 0.1) is 0 Å². The van der Waals surface area contributed by atoms with Gasteiger partial charge in [-0.2, -0.15) is 0 Å². The smallest absolute Gasteiger partial charge is 0.269 e. The standard InChI is InChI=1S/C15H15N7O2/c16-12-13(18-8-11-2-1-7-24-11)19-9-20-14(12)21-22-15(23)10-3-5-17-6-4-10/h1-7,9H,8,16H2,(H,22,23)(H2,18,19,20,21). The number of nitrogen functional groups attached to an aromatic ring is 1. The molecule has 0 bridgehead atoms. The van der Waals surface area contributed by atoms with Gasteiger partial charge in [-0.15, -0.1) is 0 Å². The maximum Gasteiger partial charge on any atom is 0.269 e. The Morgan fingerprint density at radius 2 is 1.96 bits per heavy atom. The molecule has 9 heteroatoms. The monoisotopic (exact) mass is 325 g/mol. The van der Waals surface area contributed by atoms with Crippen molar-refractivity contribution in [3.05, 3.63) is 60.6 Å². The van der Waals surface area contributed by atoms with Crippen molar-refractivity contribution in [1.82, 2.24) is 20.4 Å². The molecule has 24 heavy (non-hydrogen) atoms. The van der Waals surface area contributed by atoms with E-state index in [0.717, 1.165) is 5.76 Å². The third kappa shape index (κ3) is 3.58. The Morgan fingerprint density at radius 3 is 2.71 bits per heavy atom. The Kier molecular flexibility index (Phi) is 4.52. The van der Waals surface area contributed by atoms with Gasteiger partial charge in [0.05, 0.1) is 12.8 Å². The lowest BCUT2D eigenvalue weighted by molar-refractivity contribution is 0.0962. The van der Waals surface area contributed by atoms with Crippen molar-refractivity contribution < 1.29 is 9.21 Å². The van der Waals surface area contributed by atoms with Gasteiger partial charge >= 0.3 is 0 Å². The highest BCUT2D eigenvalue weighted by Crippen LogP contribution is 2.22. The lowest BCUT2D eigenvalue weighted by atomic mass is 10.3. The highest BCUT2D eigenvalue weighted by molar-refractivity contribution is 5.95. The van der Waals surface area contributed by atoms with E-state index in [1.54, 1.807) is 24.5 Å². The molecule has 0 aliphatic rings. The van der Waals surface area contributed by atoms with Gasteiger partial charge in [-0.3, -0.25) is 20.6 Å². The number of aromatic nitrogens is 3. The Labute approximate surface area is 137 Å². The summed E-state index contributed by atoms with van der Waals surface area (Å²) in [6.07, 6.45) is 5.99. The number of rotatable bonds is 6. The first-order chi connectivity index (χ1) is 11.7. The molecule has 0 unspecified atom stereocenters. The topological polar surface area (TPSA) is 131 Å². The first-order valence-electron chi connectivity index (χ1n) is 7.07. The van der Waals surface area contributed by atoms with Gasteiger partial charge in [-0.1, -0.05) is 0 Å². The third-order valence-electron chi connectivity index (χ3n) is 3.13. The average molecular weight is 325 g/mol. The predicted molar refractivity (Wildman–Crippen MR) is 87.8 cm³/mol. The van der Waals surface area contributed by atoms with Crippen molar-refractivity contribution >= 4 is 23.2 Å². The fourth-order valence-electron chi connectivity index (χ4n) is 1.91. The maximum atomic E-state index is 12.0. The molecule has 0 atom stereocenters. The Balaban J connectivity index is 1.63. The van der Waals surface area contributed by atoms with Crippen molar-refractivity contribution in [2.24, 2.45) is 0 Å². The van der Waals surface area contributed by atoms with Crippen LogP contribution >= 0.6 is 0 Å². The zero-order valence-corrected chi connectivity index (χ0v) is 12.6. The van der Waals surface area contributed by atoms with Crippen LogP contribution in [0.25, 0.3) is 0 Å². The fraction of sp³-hybridized carbons (Fsp3) is 0.0667. The van der Waals surface area contributed by atoms with Crippen LogP contribution in [0.1, 0.15) is 16.1 Å². The summed E-state index contributed by atoms with van der Waals surface area (Å²) in [5.41, 5.74) is 11.9. The SMILES string of the molecule is Nc1c(NCc2ccco2)ncnc1NNC(=O)c1ccncc1. The Morgan fingerprint density at radius 1 is 1.17 bits per heavy atom. The van der Waals surface area contributed by atoms with Crippen molar-refractivity contribution in [2.75, 3.05) is 16.5 Å². The Bertz CT molecular complexity index is 806. The molecule has 3 rings (SSSR count). The lowest BCUT2D eigenvalue weighted by Gasteiger charge is -2.12. The number of nitrogens with one attached hydrogen (secondary N) is 3. The van der Waals surface area contributed by atoms with Crippen molar-refractivity contribution in [2.45, 2.75) is 6.54 Å². The van der Waals surface area contributed by atoms with Gasteiger partial charge in [-0.05, 0) is 24.3 Å². The summed E-state index contributed by atoms with van der Waals surface area (Å²) < 4.78 is 5.23. The molecule has 122 valence electrons. The van der Waals surface area contributed by atoms with Crippen LogP contribution in [-0.4, -0.2) is 20.9 Å². The number of nitrogens with two attached hydrogens (primary N) is 1. The summed E-state index contributed by atoms with van der Waals surface area (Å²) in [6.45, 7) is 0.428. The number of furan rings is 1. The van der Waals surface area contributed by atoms with Crippen molar-refractivity contribution in [3.63, 3.8) is 0 Å². The predicted octanol–water partition coefficient (Wildman–Crippen LogP) is 1.42. The van der Waals surface area contributed by atoms with Crippen LogP contribution in [0.2, 0.25) is 0 Å². The van der Waals surface area contributed by atoms with Gasteiger partial charge in [0.25, 0.3) is 5.91 Å². The van der Waals surface area contributed by atoms with Crippen LogP contribution in [0.3, 0.4) is 0 Å². The molecule has 0 saturated heterocycles. The van der Waals surface area contributed by atoms with Crippen LogP contribution in [0.4, 0.5) is 17.3 Å². The van der Waals surface area contributed by atoms with E-state index in [0.29, 0.717) is 17.9 Å². The number of amides is 1. The summed E-state index contributed by atoms with van der Waals surface area (Å²) >= 11 is 0. The summed E-state index contributed by atoms with van der Waals surface area (Å²) in [5, 5.41) is 3.04. The number of pyridine rings is 1. The number of nitrogens with zero attached hydrogens (tertiary/aromatic N) is 3. The minimum absolute atomic E-state index is 0.277. The fourth-order valence-corrected chi connectivity index (χ4v) is 1.91. The quantitative estimate of drug-likeness (QED) is 0.500. The van der Waals surface area contributed by atoms with Crippen LogP contribution in [0.5, 0.6) is 0 Å². The molecule has 3 aromatic heterocycles. The normalized spacial score (nSPS) is 10.2. The molecule has 3 aromatic rings. The zero-order chi connectivity index (χ0) is 16.8. The Hall–Kier alpha value is -3.62. The van der Waals surface area contributed by atoms with Crippen molar-refractivity contribution in [1.29, 1.82) is 0 Å². The van der Waals surface area contributed by atoms with Gasteiger partial charge in [-0.25, -0.2) is 9.97 Å². The molecule has 9 nitrogen and oxygen atoms in total. The molecule has 0 fully saturated rings. The molecular weight excluding hydrogens is 310 g/mol. The number of carbonyl (C=O) groups is 1. The number of hydrazine groups is 1. The first-order valence-corrected chi connectivity index (χ1v) is 7.07. The van der Waals surface area contributed by atoms with E-state index in [1.807, 2.05) is 6.07 Å². The van der Waals surface area contributed by atoms with E-state index in [9.17, 15) is 4.79 Å². The van der Waals surface area contributed by atoms with E-state index < -0.39 is 0 Å². The van der Waals surface area contributed by atoms with Gasteiger partial charge in [0.2, 0.25) is 0 Å². The summed E-state index contributed by atoms with van der Waals surface area (Å²) in [4.78, 5) is 23.9. The highest BCUT2D eigenvalue weighted by atomic mass is 16.3. The number of hydrogen-bond acceptors (Lipinski definition) is 8. The van der Waals surface area contributed by atoms with E-state index in [4.69, 9.17) is 10.2 Å². The number of anilines is 3. The van der Waals surface area contributed by atoms with E-state index in [2.05, 4.69) is 31.1 Å². The second kappa shape index (κ2) is 7.09. The molecular formula is C15H15N7O2. The number of hydrogen-bond donors (Lipinski definition) is 4. The molecule has 3 heterocycles. The van der Waals surface area contributed by atoms with Crippen molar-refractivity contribution in [3.8, 4) is 0 Å². The zero-order valence-electron chi connectivity index (χ0n) is 12.6. The molecule has 1 amide bonds. The minimum atomic E-state index is -0.333. The van der Waals surface area contributed by atoms with Gasteiger partial charge in [0.1, 0.15) is 17.8 Å².